The van der Waals surface area contributed by atoms with Crippen LogP contribution in [0.2, 0.25) is 0 Å². The van der Waals surface area contributed by atoms with Crippen molar-refractivity contribution in [3.63, 3.8) is 0 Å². The Hall–Kier alpha value is -2.88. The predicted octanol–water partition coefficient (Wildman–Crippen LogP) is 5.22. The third-order valence-corrected chi connectivity index (χ3v) is 5.66. The minimum absolute atomic E-state index is 0.0931. The van der Waals surface area contributed by atoms with Gasteiger partial charge in [-0.25, -0.2) is 4.39 Å². The molecule has 3 aromatic rings. The van der Waals surface area contributed by atoms with Gasteiger partial charge < -0.3 is 9.47 Å². The Bertz CT molecular complexity index is 966. The fourth-order valence-electron chi connectivity index (χ4n) is 4.08. The Labute approximate surface area is 171 Å². The van der Waals surface area contributed by atoms with Crippen LogP contribution in [0.1, 0.15) is 42.5 Å². The second kappa shape index (κ2) is 8.64. The Morgan fingerprint density at radius 3 is 2.69 bits per heavy atom. The van der Waals surface area contributed by atoms with Crippen molar-refractivity contribution in [2.75, 3.05) is 6.54 Å². The number of aromatic nitrogens is 1. The summed E-state index contributed by atoms with van der Waals surface area (Å²) in [4.78, 5) is 15.2. The van der Waals surface area contributed by atoms with E-state index in [0.29, 0.717) is 19.0 Å². The van der Waals surface area contributed by atoms with E-state index in [0.717, 1.165) is 30.6 Å². The molecule has 0 bridgehead atoms. The molecule has 29 heavy (non-hydrogen) atoms. The van der Waals surface area contributed by atoms with Crippen LogP contribution in [0.4, 0.5) is 4.39 Å². The molecule has 1 aliphatic rings. The van der Waals surface area contributed by atoms with Gasteiger partial charge in [0.15, 0.2) is 0 Å². The summed E-state index contributed by atoms with van der Waals surface area (Å²) >= 11 is 0. The molecular formula is C25H27FN2O. The van der Waals surface area contributed by atoms with Crippen molar-refractivity contribution in [2.45, 2.75) is 38.8 Å². The summed E-state index contributed by atoms with van der Waals surface area (Å²) in [7, 11) is 0. The van der Waals surface area contributed by atoms with Crippen LogP contribution in [0.3, 0.4) is 0 Å². The zero-order chi connectivity index (χ0) is 20.2. The van der Waals surface area contributed by atoms with Crippen LogP contribution in [0, 0.1) is 11.7 Å². The van der Waals surface area contributed by atoms with E-state index in [1.54, 1.807) is 12.1 Å². The average Bonchev–Trinajstić information content (AvgIpc) is 3.42. The Kier molecular flexibility index (Phi) is 5.79. The van der Waals surface area contributed by atoms with Crippen LogP contribution >= 0.6 is 0 Å². The molecule has 1 aromatic heterocycles. The molecule has 1 aliphatic carbocycles. The van der Waals surface area contributed by atoms with Crippen molar-refractivity contribution in [1.29, 1.82) is 0 Å². The van der Waals surface area contributed by atoms with Gasteiger partial charge in [0.05, 0.1) is 6.54 Å². The van der Waals surface area contributed by atoms with Gasteiger partial charge in [0, 0.05) is 30.9 Å². The molecule has 0 radical (unpaired) electrons. The highest BCUT2D eigenvalue weighted by Gasteiger charge is 2.45. The van der Waals surface area contributed by atoms with Gasteiger partial charge in [-0.15, -0.1) is 0 Å². The third-order valence-electron chi connectivity index (χ3n) is 5.66. The molecule has 4 rings (SSSR count). The quantitative estimate of drug-likeness (QED) is 0.518. The van der Waals surface area contributed by atoms with Gasteiger partial charge in [-0.3, -0.25) is 4.79 Å². The highest BCUT2D eigenvalue weighted by molar-refractivity contribution is 5.83. The molecule has 150 valence electrons. The molecule has 1 saturated carbocycles. The number of benzene rings is 2. The zero-order valence-corrected chi connectivity index (χ0v) is 16.8. The van der Waals surface area contributed by atoms with Gasteiger partial charge in [-0.05, 0) is 54.2 Å². The maximum absolute atomic E-state index is 13.5. The normalized spacial score (nSPS) is 17.9. The first-order valence-electron chi connectivity index (χ1n) is 10.4. The predicted molar refractivity (Wildman–Crippen MR) is 113 cm³/mol. The molecule has 0 saturated heterocycles. The fraction of sp³-hybridized carbons (Fsp3) is 0.320. The Morgan fingerprint density at radius 2 is 1.93 bits per heavy atom. The number of amides is 1. The van der Waals surface area contributed by atoms with Crippen LogP contribution in [0.25, 0.3) is 0 Å². The number of halogens is 1. The van der Waals surface area contributed by atoms with Crippen molar-refractivity contribution in [3.05, 3.63) is 95.6 Å². The van der Waals surface area contributed by atoms with Crippen molar-refractivity contribution < 1.29 is 9.18 Å². The van der Waals surface area contributed by atoms with Crippen molar-refractivity contribution in [3.8, 4) is 0 Å². The lowest BCUT2D eigenvalue weighted by atomic mass is 10.1. The minimum Gasteiger partial charge on any atom is -0.345 e. The molecule has 1 heterocycles. The van der Waals surface area contributed by atoms with E-state index in [4.69, 9.17) is 0 Å². The van der Waals surface area contributed by atoms with Gasteiger partial charge in [-0.2, -0.15) is 0 Å². The van der Waals surface area contributed by atoms with E-state index < -0.39 is 0 Å². The molecule has 4 heteroatoms. The van der Waals surface area contributed by atoms with E-state index >= 15 is 0 Å². The lowest BCUT2D eigenvalue weighted by Crippen LogP contribution is -2.33. The number of hydrogen-bond acceptors (Lipinski definition) is 1. The third kappa shape index (κ3) is 4.58. The second-order valence-corrected chi connectivity index (χ2v) is 7.88. The SMILES string of the molecule is CCCN(Cc1cccn1Cc1cccc(F)c1)C(=O)C1CC1c1ccccc1. The molecule has 1 amide bonds. The summed E-state index contributed by atoms with van der Waals surface area (Å²) in [5, 5.41) is 0. The summed E-state index contributed by atoms with van der Waals surface area (Å²) in [6, 6.07) is 21.1. The van der Waals surface area contributed by atoms with E-state index in [1.165, 1.54) is 11.6 Å². The van der Waals surface area contributed by atoms with Gasteiger partial charge in [0.2, 0.25) is 5.91 Å². The van der Waals surface area contributed by atoms with Crippen LogP contribution < -0.4 is 0 Å². The highest BCUT2D eigenvalue weighted by Crippen LogP contribution is 2.48. The van der Waals surface area contributed by atoms with Crippen LogP contribution in [-0.2, 0) is 17.9 Å². The fourth-order valence-corrected chi connectivity index (χ4v) is 4.08. The largest absolute Gasteiger partial charge is 0.345 e. The lowest BCUT2D eigenvalue weighted by molar-refractivity contribution is -0.133. The molecule has 1 fully saturated rings. The summed E-state index contributed by atoms with van der Waals surface area (Å²) in [5.41, 5.74) is 3.26. The second-order valence-electron chi connectivity index (χ2n) is 7.88. The monoisotopic (exact) mass is 390 g/mol. The Balaban J connectivity index is 1.45. The zero-order valence-electron chi connectivity index (χ0n) is 16.8. The number of carbonyl (C=O) groups excluding carboxylic acids is 1. The number of rotatable bonds is 8. The van der Waals surface area contributed by atoms with Gasteiger partial charge in [-0.1, -0.05) is 49.4 Å². The summed E-state index contributed by atoms with van der Waals surface area (Å²) in [5.74, 6) is 0.469. The van der Waals surface area contributed by atoms with Crippen molar-refractivity contribution >= 4 is 5.91 Å². The van der Waals surface area contributed by atoms with Crippen molar-refractivity contribution in [2.24, 2.45) is 5.92 Å². The maximum Gasteiger partial charge on any atom is 0.226 e. The van der Waals surface area contributed by atoms with E-state index in [2.05, 4.69) is 29.7 Å². The van der Waals surface area contributed by atoms with Gasteiger partial charge in [0.25, 0.3) is 0 Å². The first kappa shape index (κ1) is 19.4. The van der Waals surface area contributed by atoms with Gasteiger partial charge in [0.1, 0.15) is 5.82 Å². The standard InChI is InChI=1S/C25H27FN2O/c1-2-13-28(25(29)24-16-23(24)20-9-4-3-5-10-20)18-22-12-7-14-27(22)17-19-8-6-11-21(26)15-19/h3-12,14-15,23-24H,2,13,16-18H2,1H3. The number of hydrogen-bond donors (Lipinski definition) is 0. The summed E-state index contributed by atoms with van der Waals surface area (Å²) in [6.07, 6.45) is 3.87. The van der Waals surface area contributed by atoms with Crippen LogP contribution in [-0.4, -0.2) is 21.9 Å². The smallest absolute Gasteiger partial charge is 0.226 e. The lowest BCUT2D eigenvalue weighted by Gasteiger charge is -2.23. The molecule has 0 aliphatic heterocycles. The molecule has 2 atom stereocenters. The minimum atomic E-state index is -0.223. The van der Waals surface area contributed by atoms with Gasteiger partial charge >= 0.3 is 0 Å². The first-order valence-corrected chi connectivity index (χ1v) is 10.4. The highest BCUT2D eigenvalue weighted by atomic mass is 19.1. The average molecular weight is 391 g/mol. The molecule has 0 spiro atoms. The molecule has 2 aromatic carbocycles. The van der Waals surface area contributed by atoms with E-state index in [-0.39, 0.29) is 17.6 Å². The van der Waals surface area contributed by atoms with E-state index in [1.807, 2.05) is 41.4 Å². The van der Waals surface area contributed by atoms with Crippen LogP contribution in [0.5, 0.6) is 0 Å². The maximum atomic E-state index is 13.5. The number of carbonyl (C=O) groups is 1. The summed E-state index contributed by atoms with van der Waals surface area (Å²) in [6.45, 7) is 4.05. The molecule has 0 N–H and O–H groups in total. The molecule has 3 nitrogen and oxygen atoms in total. The topological polar surface area (TPSA) is 25.2 Å². The molecular weight excluding hydrogens is 363 g/mol. The van der Waals surface area contributed by atoms with Crippen molar-refractivity contribution in [1.82, 2.24) is 9.47 Å². The van der Waals surface area contributed by atoms with Crippen LogP contribution in [0.15, 0.2) is 72.9 Å². The molecule has 2 unspecified atom stereocenters. The summed E-state index contributed by atoms with van der Waals surface area (Å²) < 4.78 is 15.6. The number of nitrogens with zero attached hydrogens (tertiary/aromatic N) is 2. The van der Waals surface area contributed by atoms with E-state index in [9.17, 15) is 9.18 Å². The first-order chi connectivity index (χ1) is 14.2. The Morgan fingerprint density at radius 1 is 1.10 bits per heavy atom.